The number of hydrogen-bond donors (Lipinski definition) is 0. The van der Waals surface area contributed by atoms with Crippen molar-refractivity contribution in [3.8, 4) is 5.75 Å². The minimum absolute atomic E-state index is 0.177. The molecule has 1 saturated heterocycles. The molecule has 1 aromatic carbocycles. The Morgan fingerprint density at radius 3 is 2.56 bits per heavy atom. The van der Waals surface area contributed by atoms with Gasteiger partial charge in [-0.3, -0.25) is 4.98 Å². The molecule has 0 radical (unpaired) electrons. The molecule has 1 aliphatic heterocycles. The topological polar surface area (TPSA) is 51.1 Å². The van der Waals surface area contributed by atoms with Gasteiger partial charge in [-0.1, -0.05) is 12.1 Å². The Balaban J connectivity index is 1.54. The predicted molar refractivity (Wildman–Crippen MR) is 111 cm³/mol. The molecule has 9 heteroatoms. The number of hydrogen-bond acceptors (Lipinski definition) is 5. The number of benzene rings is 1. The highest BCUT2D eigenvalue weighted by atomic mass is 19.4. The summed E-state index contributed by atoms with van der Waals surface area (Å²) in [6.07, 6.45) is 0.881. The van der Waals surface area contributed by atoms with Crippen LogP contribution in [0.4, 0.5) is 23.4 Å². The van der Waals surface area contributed by atoms with E-state index in [0.29, 0.717) is 37.1 Å². The van der Waals surface area contributed by atoms with E-state index in [9.17, 15) is 13.2 Å². The summed E-state index contributed by atoms with van der Waals surface area (Å²) in [7, 11) is 1.57. The number of aromatic nitrogens is 3. The number of alkyl halides is 3. The maximum Gasteiger partial charge on any atom is 0.416 e. The second kappa shape index (κ2) is 9.10. The lowest BCUT2D eigenvalue weighted by atomic mass is 10.0. The second-order valence-electron chi connectivity index (χ2n) is 7.62. The van der Waals surface area contributed by atoms with E-state index in [-0.39, 0.29) is 17.6 Å². The van der Waals surface area contributed by atoms with Gasteiger partial charge < -0.3 is 9.64 Å². The van der Waals surface area contributed by atoms with E-state index >= 15 is 4.39 Å². The normalized spacial score (nSPS) is 16.4. The third-order valence-corrected chi connectivity index (χ3v) is 5.63. The molecule has 0 spiro atoms. The zero-order chi connectivity index (χ0) is 22.7. The van der Waals surface area contributed by atoms with Crippen LogP contribution in [0, 0.1) is 5.82 Å². The molecule has 3 heterocycles. The van der Waals surface area contributed by atoms with E-state index in [1.165, 1.54) is 18.5 Å². The number of pyridine rings is 1. The van der Waals surface area contributed by atoms with Crippen LogP contribution in [-0.4, -0.2) is 28.6 Å². The second-order valence-corrected chi connectivity index (χ2v) is 7.62. The van der Waals surface area contributed by atoms with Crippen LogP contribution < -0.4 is 9.64 Å². The van der Waals surface area contributed by atoms with Crippen LogP contribution in [0.25, 0.3) is 0 Å². The molecule has 0 aliphatic carbocycles. The summed E-state index contributed by atoms with van der Waals surface area (Å²) in [5.74, 6) is 0.348. The van der Waals surface area contributed by atoms with Gasteiger partial charge in [0.15, 0.2) is 11.6 Å². The first kappa shape index (κ1) is 22.0. The molecule has 32 heavy (non-hydrogen) atoms. The van der Waals surface area contributed by atoms with Crippen LogP contribution in [0.3, 0.4) is 0 Å². The number of anilines is 1. The van der Waals surface area contributed by atoms with Gasteiger partial charge in [0.05, 0.1) is 24.4 Å². The third-order valence-electron chi connectivity index (χ3n) is 5.63. The molecular weight excluding hydrogens is 424 g/mol. The summed E-state index contributed by atoms with van der Waals surface area (Å²) in [6, 6.07) is 8.34. The van der Waals surface area contributed by atoms with Crippen molar-refractivity contribution in [3.05, 3.63) is 77.3 Å². The summed E-state index contributed by atoms with van der Waals surface area (Å²) in [5, 5.41) is 0. The minimum atomic E-state index is -4.39. The van der Waals surface area contributed by atoms with Gasteiger partial charge in [-0.05, 0) is 49.4 Å². The van der Waals surface area contributed by atoms with E-state index in [1.807, 2.05) is 4.90 Å². The Morgan fingerprint density at radius 1 is 1.06 bits per heavy atom. The molecule has 3 aromatic rings. The number of ether oxygens (including phenoxy) is 1. The molecule has 0 N–H and O–H groups in total. The maximum absolute atomic E-state index is 15.3. The van der Waals surface area contributed by atoms with E-state index in [1.54, 1.807) is 25.4 Å². The van der Waals surface area contributed by atoms with Gasteiger partial charge in [0.1, 0.15) is 12.1 Å². The van der Waals surface area contributed by atoms with E-state index in [4.69, 9.17) is 4.74 Å². The summed E-state index contributed by atoms with van der Waals surface area (Å²) in [6.45, 7) is 0.566. The average Bonchev–Trinajstić information content (AvgIpc) is 3.28. The standard InChI is InChI=1S/C23H22F4N4O/c1-32-18-10-11-28-17(13-18)8-9-19-21(24)22(30-14-29-19)31-12-2-3-20(31)15-4-6-16(7-5-15)23(25,26)27/h4-7,10-11,13-14,20H,2-3,8-9,12H2,1H3. The summed E-state index contributed by atoms with van der Waals surface area (Å²) in [4.78, 5) is 14.4. The maximum atomic E-state index is 15.3. The van der Waals surface area contributed by atoms with Crippen molar-refractivity contribution in [1.29, 1.82) is 0 Å². The quantitative estimate of drug-likeness (QED) is 0.490. The highest BCUT2D eigenvalue weighted by Crippen LogP contribution is 2.38. The highest BCUT2D eigenvalue weighted by molar-refractivity contribution is 5.46. The molecule has 1 atom stereocenters. The van der Waals surface area contributed by atoms with Gasteiger partial charge in [-0.2, -0.15) is 13.2 Å². The average molecular weight is 446 g/mol. The predicted octanol–water partition coefficient (Wildman–Crippen LogP) is 5.16. The van der Waals surface area contributed by atoms with Gasteiger partial charge in [0.25, 0.3) is 0 Å². The fourth-order valence-electron chi connectivity index (χ4n) is 4.00. The van der Waals surface area contributed by atoms with Crippen molar-refractivity contribution in [2.75, 3.05) is 18.6 Å². The Hall–Kier alpha value is -3.23. The molecule has 1 aliphatic rings. The summed E-state index contributed by atoms with van der Waals surface area (Å²) in [5.41, 5.74) is 1.04. The zero-order valence-corrected chi connectivity index (χ0v) is 17.4. The van der Waals surface area contributed by atoms with E-state index < -0.39 is 17.6 Å². The van der Waals surface area contributed by atoms with Crippen LogP contribution >= 0.6 is 0 Å². The molecule has 4 rings (SSSR count). The van der Waals surface area contributed by atoms with Crippen molar-refractivity contribution in [2.45, 2.75) is 37.9 Å². The molecule has 1 unspecified atom stereocenters. The molecule has 0 bridgehead atoms. The highest BCUT2D eigenvalue weighted by Gasteiger charge is 2.33. The Labute approximate surface area is 183 Å². The number of methoxy groups -OCH3 is 1. The Bertz CT molecular complexity index is 1070. The van der Waals surface area contributed by atoms with Crippen molar-refractivity contribution in [1.82, 2.24) is 15.0 Å². The number of rotatable bonds is 6. The zero-order valence-electron chi connectivity index (χ0n) is 17.4. The molecule has 1 fully saturated rings. The van der Waals surface area contributed by atoms with Crippen molar-refractivity contribution in [3.63, 3.8) is 0 Å². The SMILES string of the molecule is COc1ccnc(CCc2ncnc(N3CCCC3c3ccc(C(F)(F)F)cc3)c2F)c1. The van der Waals surface area contributed by atoms with Crippen molar-refractivity contribution >= 4 is 5.82 Å². The number of halogens is 4. The van der Waals surface area contributed by atoms with Crippen molar-refractivity contribution in [2.24, 2.45) is 0 Å². The molecular formula is C23H22F4N4O. The third kappa shape index (κ3) is 4.66. The fraction of sp³-hybridized carbons (Fsp3) is 0.348. The Morgan fingerprint density at radius 2 is 1.84 bits per heavy atom. The van der Waals surface area contributed by atoms with Gasteiger partial charge in [0.2, 0.25) is 0 Å². The van der Waals surface area contributed by atoms with Crippen LogP contribution in [-0.2, 0) is 19.0 Å². The number of nitrogens with zero attached hydrogens (tertiary/aromatic N) is 4. The Kier molecular flexibility index (Phi) is 6.25. The van der Waals surface area contributed by atoms with Gasteiger partial charge in [-0.25, -0.2) is 14.4 Å². The summed E-state index contributed by atoms with van der Waals surface area (Å²) >= 11 is 0. The van der Waals surface area contributed by atoms with Crippen LogP contribution in [0.2, 0.25) is 0 Å². The molecule has 0 amide bonds. The lowest BCUT2D eigenvalue weighted by Crippen LogP contribution is -2.25. The lowest BCUT2D eigenvalue weighted by molar-refractivity contribution is -0.137. The minimum Gasteiger partial charge on any atom is -0.497 e. The summed E-state index contributed by atoms with van der Waals surface area (Å²) < 4.78 is 59.2. The first-order chi connectivity index (χ1) is 15.4. The largest absolute Gasteiger partial charge is 0.497 e. The molecule has 168 valence electrons. The van der Waals surface area contributed by atoms with Gasteiger partial charge in [0, 0.05) is 24.5 Å². The van der Waals surface area contributed by atoms with Crippen LogP contribution in [0.1, 0.15) is 41.4 Å². The monoisotopic (exact) mass is 446 g/mol. The van der Waals surface area contributed by atoms with Crippen molar-refractivity contribution < 1.29 is 22.3 Å². The smallest absolute Gasteiger partial charge is 0.416 e. The first-order valence-corrected chi connectivity index (χ1v) is 10.3. The van der Waals surface area contributed by atoms with Crippen LogP contribution in [0.15, 0.2) is 48.9 Å². The first-order valence-electron chi connectivity index (χ1n) is 10.3. The molecule has 5 nitrogen and oxygen atoms in total. The van der Waals surface area contributed by atoms with E-state index in [2.05, 4.69) is 15.0 Å². The lowest BCUT2D eigenvalue weighted by Gasteiger charge is -2.27. The molecule has 0 saturated carbocycles. The number of aryl methyl sites for hydroxylation is 2. The van der Waals surface area contributed by atoms with Crippen LogP contribution in [0.5, 0.6) is 5.75 Å². The fourth-order valence-corrected chi connectivity index (χ4v) is 4.00. The van der Waals surface area contributed by atoms with Gasteiger partial charge >= 0.3 is 6.18 Å². The molecule has 2 aromatic heterocycles. The van der Waals surface area contributed by atoms with Gasteiger partial charge in [-0.15, -0.1) is 0 Å². The van der Waals surface area contributed by atoms with E-state index in [0.717, 1.165) is 24.2 Å².